The maximum absolute atomic E-state index is 5.29. The highest BCUT2D eigenvalue weighted by Crippen LogP contribution is 2.37. The number of likely N-dealkylation sites (tertiary alicyclic amines) is 1. The highest BCUT2D eigenvalue weighted by molar-refractivity contribution is 5.31. The summed E-state index contributed by atoms with van der Waals surface area (Å²) in [4.78, 5) is 2.71. The molecule has 3 nitrogen and oxygen atoms in total. The summed E-state index contributed by atoms with van der Waals surface area (Å²) in [5, 5.41) is 3.63. The quantitative estimate of drug-likeness (QED) is 0.921. The predicted molar refractivity (Wildman–Crippen MR) is 96.2 cm³/mol. The molecule has 0 saturated carbocycles. The fourth-order valence-corrected chi connectivity index (χ4v) is 4.52. The molecule has 1 spiro atoms. The Hall–Kier alpha value is -1.06. The van der Waals surface area contributed by atoms with E-state index in [-0.39, 0.29) is 5.41 Å². The average molecular weight is 316 g/mol. The zero-order chi connectivity index (χ0) is 16.3. The molecule has 2 aliphatic rings. The Morgan fingerprint density at radius 2 is 1.91 bits per heavy atom. The van der Waals surface area contributed by atoms with Crippen molar-refractivity contribution in [2.24, 2.45) is 5.41 Å². The van der Waals surface area contributed by atoms with Crippen LogP contribution in [0.2, 0.25) is 0 Å². The summed E-state index contributed by atoms with van der Waals surface area (Å²) in [6, 6.07) is 8.61. The van der Waals surface area contributed by atoms with Crippen LogP contribution in [0.25, 0.3) is 0 Å². The number of benzene rings is 1. The molecule has 0 radical (unpaired) electrons. The van der Waals surface area contributed by atoms with E-state index in [0.29, 0.717) is 5.41 Å². The topological polar surface area (TPSA) is 24.5 Å². The van der Waals surface area contributed by atoms with Gasteiger partial charge in [-0.3, -0.25) is 0 Å². The summed E-state index contributed by atoms with van der Waals surface area (Å²) >= 11 is 0. The van der Waals surface area contributed by atoms with E-state index in [1.165, 1.54) is 57.4 Å². The molecule has 1 unspecified atom stereocenters. The van der Waals surface area contributed by atoms with Crippen LogP contribution in [0.1, 0.15) is 45.1 Å². The Morgan fingerprint density at radius 1 is 1.17 bits per heavy atom. The summed E-state index contributed by atoms with van der Waals surface area (Å²) in [7, 11) is 1.73. The third kappa shape index (κ3) is 3.89. The Labute approximate surface area is 141 Å². The fraction of sp³-hybridized carbons (Fsp3) is 0.700. The first-order valence-corrected chi connectivity index (χ1v) is 9.11. The maximum atomic E-state index is 5.29. The summed E-state index contributed by atoms with van der Waals surface area (Å²) in [6.45, 7) is 10.8. The molecule has 2 fully saturated rings. The Balaban J connectivity index is 1.66. The molecule has 2 aliphatic heterocycles. The van der Waals surface area contributed by atoms with Gasteiger partial charge in [0.1, 0.15) is 5.75 Å². The van der Waals surface area contributed by atoms with Crippen molar-refractivity contribution in [3.8, 4) is 5.75 Å². The Kier molecular flexibility index (Phi) is 4.98. The number of nitrogens with one attached hydrogen (secondary N) is 1. The zero-order valence-corrected chi connectivity index (χ0v) is 15.0. The molecule has 1 aromatic carbocycles. The van der Waals surface area contributed by atoms with Crippen LogP contribution in [0.3, 0.4) is 0 Å². The molecule has 3 rings (SSSR count). The lowest BCUT2D eigenvalue weighted by atomic mass is 9.73. The van der Waals surface area contributed by atoms with Crippen molar-refractivity contribution in [2.75, 3.05) is 39.8 Å². The molecule has 2 heterocycles. The lowest BCUT2D eigenvalue weighted by molar-refractivity contribution is 0.0533. The van der Waals surface area contributed by atoms with Crippen molar-refractivity contribution in [1.82, 2.24) is 10.2 Å². The van der Waals surface area contributed by atoms with Gasteiger partial charge in [-0.05, 0) is 61.9 Å². The number of hydrogen-bond acceptors (Lipinski definition) is 3. The number of hydrogen-bond donors (Lipinski definition) is 1. The molecule has 3 heteroatoms. The van der Waals surface area contributed by atoms with E-state index < -0.39 is 0 Å². The third-order valence-corrected chi connectivity index (χ3v) is 5.79. The van der Waals surface area contributed by atoms with Crippen LogP contribution in [-0.4, -0.2) is 44.7 Å². The predicted octanol–water partition coefficient (Wildman–Crippen LogP) is 3.44. The van der Waals surface area contributed by atoms with Crippen LogP contribution in [0.15, 0.2) is 24.3 Å². The van der Waals surface area contributed by atoms with Crippen molar-refractivity contribution in [3.63, 3.8) is 0 Å². The minimum absolute atomic E-state index is 0.174. The summed E-state index contributed by atoms with van der Waals surface area (Å²) in [6.07, 6.45) is 5.50. The number of nitrogens with zero attached hydrogens (tertiary/aromatic N) is 1. The van der Waals surface area contributed by atoms with Crippen molar-refractivity contribution in [1.29, 1.82) is 0 Å². The SMILES string of the molecule is COc1ccc(C(C)(C)CN2CCCC3(CCCNC3)C2)cc1. The zero-order valence-electron chi connectivity index (χ0n) is 15.0. The van der Waals surface area contributed by atoms with Gasteiger partial charge in [-0.25, -0.2) is 0 Å². The third-order valence-electron chi connectivity index (χ3n) is 5.79. The van der Waals surface area contributed by atoms with Gasteiger partial charge in [0.2, 0.25) is 0 Å². The van der Waals surface area contributed by atoms with Gasteiger partial charge in [-0.2, -0.15) is 0 Å². The standard InChI is InChI=1S/C20H32N2O/c1-19(2,17-6-8-18(23-3)9-7-17)15-22-13-5-11-20(16-22)10-4-12-21-14-20/h6-9,21H,4-5,10-16H2,1-3H3. The Morgan fingerprint density at radius 3 is 2.57 bits per heavy atom. The van der Waals surface area contributed by atoms with Gasteiger partial charge < -0.3 is 15.0 Å². The molecule has 0 bridgehead atoms. The first kappa shape index (κ1) is 16.8. The Bertz CT molecular complexity index is 497. The highest BCUT2D eigenvalue weighted by atomic mass is 16.5. The monoisotopic (exact) mass is 316 g/mol. The van der Waals surface area contributed by atoms with E-state index in [0.717, 1.165) is 12.3 Å². The normalized spacial score (nSPS) is 26.4. The highest BCUT2D eigenvalue weighted by Gasteiger charge is 2.38. The minimum Gasteiger partial charge on any atom is -0.497 e. The smallest absolute Gasteiger partial charge is 0.118 e. The summed E-state index contributed by atoms with van der Waals surface area (Å²) < 4.78 is 5.29. The fourth-order valence-electron chi connectivity index (χ4n) is 4.52. The first-order valence-electron chi connectivity index (χ1n) is 9.11. The molecule has 1 aromatic rings. The molecule has 23 heavy (non-hydrogen) atoms. The molecule has 2 saturated heterocycles. The molecule has 1 N–H and O–H groups in total. The van der Waals surface area contributed by atoms with Gasteiger partial charge in [-0.1, -0.05) is 26.0 Å². The number of rotatable bonds is 4. The van der Waals surface area contributed by atoms with Gasteiger partial charge in [-0.15, -0.1) is 0 Å². The second-order valence-electron chi connectivity index (χ2n) is 8.21. The maximum Gasteiger partial charge on any atom is 0.118 e. The molecular weight excluding hydrogens is 284 g/mol. The van der Waals surface area contributed by atoms with Crippen LogP contribution >= 0.6 is 0 Å². The number of piperidine rings is 2. The summed E-state index contributed by atoms with van der Waals surface area (Å²) in [5.41, 5.74) is 2.11. The van der Waals surface area contributed by atoms with Crippen LogP contribution in [-0.2, 0) is 5.41 Å². The van der Waals surface area contributed by atoms with E-state index in [4.69, 9.17) is 4.74 Å². The van der Waals surface area contributed by atoms with Crippen molar-refractivity contribution >= 4 is 0 Å². The second kappa shape index (κ2) is 6.82. The van der Waals surface area contributed by atoms with Gasteiger partial charge in [0.25, 0.3) is 0 Å². The molecule has 0 aliphatic carbocycles. The number of methoxy groups -OCH3 is 1. The molecule has 0 amide bonds. The van der Waals surface area contributed by atoms with Gasteiger partial charge in [0, 0.05) is 25.0 Å². The summed E-state index contributed by atoms with van der Waals surface area (Å²) in [5.74, 6) is 0.940. The van der Waals surface area contributed by atoms with E-state index in [1.54, 1.807) is 7.11 Å². The molecule has 1 atom stereocenters. The lowest BCUT2D eigenvalue weighted by Crippen LogP contribution is -2.53. The molecule has 0 aromatic heterocycles. The van der Waals surface area contributed by atoms with Crippen molar-refractivity contribution in [2.45, 2.75) is 44.9 Å². The van der Waals surface area contributed by atoms with Crippen molar-refractivity contribution in [3.05, 3.63) is 29.8 Å². The largest absolute Gasteiger partial charge is 0.497 e. The first-order chi connectivity index (χ1) is 11.0. The van der Waals surface area contributed by atoms with E-state index in [2.05, 4.69) is 48.3 Å². The number of ether oxygens (including phenoxy) is 1. The van der Waals surface area contributed by atoms with Crippen molar-refractivity contribution < 1.29 is 4.74 Å². The van der Waals surface area contributed by atoms with Gasteiger partial charge in [0.05, 0.1) is 7.11 Å². The van der Waals surface area contributed by atoms with Crippen LogP contribution in [0.5, 0.6) is 5.75 Å². The molecule has 128 valence electrons. The van der Waals surface area contributed by atoms with E-state index in [9.17, 15) is 0 Å². The van der Waals surface area contributed by atoms with Crippen LogP contribution in [0, 0.1) is 5.41 Å². The second-order valence-corrected chi connectivity index (χ2v) is 8.21. The lowest BCUT2D eigenvalue weighted by Gasteiger charge is -2.47. The van der Waals surface area contributed by atoms with E-state index in [1.807, 2.05) is 0 Å². The van der Waals surface area contributed by atoms with Crippen LogP contribution in [0.4, 0.5) is 0 Å². The van der Waals surface area contributed by atoms with Gasteiger partial charge >= 0.3 is 0 Å². The van der Waals surface area contributed by atoms with Gasteiger partial charge in [0.15, 0.2) is 0 Å². The average Bonchev–Trinajstić information content (AvgIpc) is 2.55. The van der Waals surface area contributed by atoms with E-state index >= 15 is 0 Å². The minimum atomic E-state index is 0.174. The molecular formula is C20H32N2O. The van der Waals surface area contributed by atoms with Crippen LogP contribution < -0.4 is 10.1 Å².